The molecule has 0 aromatic heterocycles. The molecular weight excluding hydrogens is 371 g/mol. The largest absolute Gasteiger partial charge is 0.483 e. The molecule has 2 amide bonds. The zero-order chi connectivity index (χ0) is 20.6. The van der Waals surface area contributed by atoms with Gasteiger partial charge in [-0.15, -0.1) is 0 Å². The predicted molar refractivity (Wildman–Crippen MR) is 109 cm³/mol. The van der Waals surface area contributed by atoms with Gasteiger partial charge in [0.1, 0.15) is 11.6 Å². The Morgan fingerprint density at radius 1 is 1.10 bits per heavy atom. The topological polar surface area (TPSA) is 58.6 Å². The van der Waals surface area contributed by atoms with Crippen LogP contribution in [-0.2, 0) is 22.4 Å². The average Bonchev–Trinajstić information content (AvgIpc) is 2.74. The van der Waals surface area contributed by atoms with Crippen molar-refractivity contribution < 1.29 is 18.7 Å². The van der Waals surface area contributed by atoms with Crippen molar-refractivity contribution in [2.45, 2.75) is 38.6 Å². The molecule has 3 rings (SSSR count). The fourth-order valence-corrected chi connectivity index (χ4v) is 3.51. The number of hydrogen-bond donors (Lipinski definition) is 1. The Balaban J connectivity index is 1.40. The van der Waals surface area contributed by atoms with Crippen LogP contribution in [0.3, 0.4) is 0 Å². The number of ether oxygens (including phenoxy) is 1. The molecule has 0 radical (unpaired) electrons. The van der Waals surface area contributed by atoms with Gasteiger partial charge >= 0.3 is 0 Å². The van der Waals surface area contributed by atoms with Crippen molar-refractivity contribution in [1.29, 1.82) is 0 Å². The van der Waals surface area contributed by atoms with Crippen molar-refractivity contribution >= 4 is 11.8 Å². The summed E-state index contributed by atoms with van der Waals surface area (Å²) in [5.41, 5.74) is 1.88. The van der Waals surface area contributed by atoms with E-state index in [-0.39, 0.29) is 36.7 Å². The first-order chi connectivity index (χ1) is 14.0. The second-order valence-electron chi connectivity index (χ2n) is 7.28. The van der Waals surface area contributed by atoms with Crippen LogP contribution in [0, 0.1) is 5.82 Å². The van der Waals surface area contributed by atoms with E-state index < -0.39 is 0 Å². The number of benzene rings is 2. The molecule has 2 aromatic carbocycles. The summed E-state index contributed by atoms with van der Waals surface area (Å²) in [7, 11) is 0. The number of amides is 2. The van der Waals surface area contributed by atoms with Gasteiger partial charge in [0.2, 0.25) is 5.91 Å². The first kappa shape index (κ1) is 20.8. The molecule has 5 nitrogen and oxygen atoms in total. The maximum absolute atomic E-state index is 13.0. The Morgan fingerprint density at radius 3 is 2.48 bits per heavy atom. The Hall–Kier alpha value is -2.89. The normalized spacial score (nSPS) is 14.5. The minimum Gasteiger partial charge on any atom is -0.483 e. The number of rotatable bonds is 7. The molecule has 1 heterocycles. The first-order valence-corrected chi connectivity index (χ1v) is 10.1. The highest BCUT2D eigenvalue weighted by atomic mass is 19.1. The monoisotopic (exact) mass is 398 g/mol. The third-order valence-corrected chi connectivity index (χ3v) is 5.19. The first-order valence-electron chi connectivity index (χ1n) is 10.1. The zero-order valence-corrected chi connectivity index (χ0v) is 16.7. The van der Waals surface area contributed by atoms with E-state index in [0.29, 0.717) is 25.9 Å². The maximum atomic E-state index is 13.0. The maximum Gasteiger partial charge on any atom is 0.258 e. The lowest BCUT2D eigenvalue weighted by Gasteiger charge is -2.32. The smallest absolute Gasteiger partial charge is 0.258 e. The summed E-state index contributed by atoms with van der Waals surface area (Å²) in [5, 5.41) is 3.00. The number of likely N-dealkylation sites (tertiary alicyclic amines) is 1. The molecule has 0 spiro atoms. The number of para-hydroxylation sites is 1. The molecular formula is C23H27FN2O3. The summed E-state index contributed by atoms with van der Waals surface area (Å²) in [5.74, 6) is 0.319. The molecule has 1 saturated heterocycles. The van der Waals surface area contributed by atoms with Crippen LogP contribution in [0.15, 0.2) is 48.5 Å². The lowest BCUT2D eigenvalue weighted by atomic mass is 10.0. The van der Waals surface area contributed by atoms with E-state index in [2.05, 4.69) is 5.32 Å². The van der Waals surface area contributed by atoms with Crippen LogP contribution in [0.4, 0.5) is 4.39 Å². The second kappa shape index (κ2) is 10.0. The fraction of sp³-hybridized carbons (Fsp3) is 0.391. The van der Waals surface area contributed by atoms with Crippen molar-refractivity contribution in [3.05, 3.63) is 65.5 Å². The summed E-state index contributed by atoms with van der Waals surface area (Å²) >= 11 is 0. The Morgan fingerprint density at radius 2 is 1.79 bits per heavy atom. The zero-order valence-electron chi connectivity index (χ0n) is 16.7. The van der Waals surface area contributed by atoms with Gasteiger partial charge in [-0.05, 0) is 48.6 Å². The van der Waals surface area contributed by atoms with Crippen LogP contribution in [0.2, 0.25) is 0 Å². The summed E-state index contributed by atoms with van der Waals surface area (Å²) in [6, 6.07) is 13.8. The highest BCUT2D eigenvalue weighted by molar-refractivity contribution is 5.79. The lowest BCUT2D eigenvalue weighted by molar-refractivity contribution is -0.131. The van der Waals surface area contributed by atoms with Gasteiger partial charge in [0, 0.05) is 19.1 Å². The summed E-state index contributed by atoms with van der Waals surface area (Å²) in [4.78, 5) is 26.5. The average molecular weight is 398 g/mol. The quantitative estimate of drug-likeness (QED) is 0.780. The van der Waals surface area contributed by atoms with Crippen LogP contribution in [0.25, 0.3) is 0 Å². The van der Waals surface area contributed by atoms with Crippen molar-refractivity contribution in [1.82, 2.24) is 10.2 Å². The molecule has 0 aliphatic carbocycles. The van der Waals surface area contributed by atoms with Gasteiger partial charge in [-0.3, -0.25) is 9.59 Å². The van der Waals surface area contributed by atoms with Gasteiger partial charge in [0.05, 0.1) is 6.42 Å². The van der Waals surface area contributed by atoms with Crippen molar-refractivity contribution in [3.8, 4) is 5.75 Å². The molecule has 0 atom stereocenters. The third-order valence-electron chi connectivity index (χ3n) is 5.19. The molecule has 1 N–H and O–H groups in total. The van der Waals surface area contributed by atoms with Gasteiger partial charge in [-0.25, -0.2) is 4.39 Å². The van der Waals surface area contributed by atoms with Crippen molar-refractivity contribution in [2.24, 2.45) is 0 Å². The Bertz CT molecular complexity index is 830. The number of carbonyl (C=O) groups excluding carboxylic acids is 2. The highest BCUT2D eigenvalue weighted by Gasteiger charge is 2.24. The van der Waals surface area contributed by atoms with Crippen LogP contribution in [0.1, 0.15) is 30.9 Å². The minimum atomic E-state index is -0.306. The van der Waals surface area contributed by atoms with Gasteiger partial charge in [0.25, 0.3) is 5.91 Å². The SMILES string of the molecule is CCc1ccccc1OCC(=O)NC1CCN(C(=O)Cc2ccc(F)cc2)CC1. The van der Waals surface area contributed by atoms with Crippen LogP contribution in [0.5, 0.6) is 5.75 Å². The lowest BCUT2D eigenvalue weighted by Crippen LogP contribution is -2.47. The summed E-state index contributed by atoms with van der Waals surface area (Å²) in [6.07, 6.45) is 2.54. The van der Waals surface area contributed by atoms with E-state index in [0.717, 1.165) is 23.3 Å². The second-order valence-corrected chi connectivity index (χ2v) is 7.28. The number of hydrogen-bond acceptors (Lipinski definition) is 3. The van der Waals surface area contributed by atoms with Gasteiger partial charge in [-0.1, -0.05) is 37.3 Å². The Kier molecular flexibility index (Phi) is 7.22. The molecule has 0 bridgehead atoms. The molecule has 6 heteroatoms. The van der Waals surface area contributed by atoms with Crippen LogP contribution >= 0.6 is 0 Å². The minimum absolute atomic E-state index is 0.0132. The molecule has 1 aliphatic heterocycles. The molecule has 154 valence electrons. The van der Waals surface area contributed by atoms with E-state index in [1.54, 1.807) is 17.0 Å². The predicted octanol–water partition coefficient (Wildman–Crippen LogP) is 3.12. The molecule has 0 unspecified atom stereocenters. The number of piperidine rings is 1. The molecule has 1 aliphatic rings. The molecule has 29 heavy (non-hydrogen) atoms. The van der Waals surface area contributed by atoms with Crippen molar-refractivity contribution in [3.63, 3.8) is 0 Å². The number of nitrogens with one attached hydrogen (secondary N) is 1. The molecule has 0 saturated carbocycles. The van der Waals surface area contributed by atoms with Gasteiger partial charge in [-0.2, -0.15) is 0 Å². The van der Waals surface area contributed by atoms with Crippen LogP contribution in [-0.4, -0.2) is 42.5 Å². The van der Waals surface area contributed by atoms with E-state index in [1.807, 2.05) is 31.2 Å². The van der Waals surface area contributed by atoms with E-state index in [1.165, 1.54) is 12.1 Å². The van der Waals surface area contributed by atoms with Gasteiger partial charge in [0.15, 0.2) is 6.61 Å². The molecule has 2 aromatic rings. The highest BCUT2D eigenvalue weighted by Crippen LogP contribution is 2.18. The number of halogens is 1. The van der Waals surface area contributed by atoms with Crippen LogP contribution < -0.4 is 10.1 Å². The number of aryl methyl sites for hydroxylation is 1. The number of nitrogens with zero attached hydrogens (tertiary/aromatic N) is 1. The fourth-order valence-electron chi connectivity index (χ4n) is 3.51. The number of carbonyl (C=O) groups is 2. The van der Waals surface area contributed by atoms with E-state index >= 15 is 0 Å². The van der Waals surface area contributed by atoms with Crippen molar-refractivity contribution in [2.75, 3.05) is 19.7 Å². The Labute approximate surface area is 170 Å². The van der Waals surface area contributed by atoms with E-state index in [4.69, 9.17) is 4.74 Å². The third kappa shape index (κ3) is 6.04. The standard InChI is InChI=1S/C23H27FN2O3/c1-2-18-5-3-4-6-21(18)29-16-22(27)25-20-11-13-26(14-12-20)23(28)15-17-7-9-19(24)10-8-17/h3-10,20H,2,11-16H2,1H3,(H,25,27). The van der Waals surface area contributed by atoms with E-state index in [9.17, 15) is 14.0 Å². The summed E-state index contributed by atoms with van der Waals surface area (Å²) in [6.45, 7) is 3.24. The summed E-state index contributed by atoms with van der Waals surface area (Å²) < 4.78 is 18.6. The molecule has 1 fully saturated rings. The van der Waals surface area contributed by atoms with Gasteiger partial charge < -0.3 is 15.0 Å².